The number of carbonyl (C=O) groups excluding carboxylic acids is 1. The van der Waals surface area contributed by atoms with Crippen LogP contribution in [0.15, 0.2) is 53.3 Å². The third kappa shape index (κ3) is 3.32. The number of thiol groups is 1. The predicted octanol–water partition coefficient (Wildman–Crippen LogP) is 3.73. The van der Waals surface area contributed by atoms with Crippen molar-refractivity contribution in [1.29, 1.82) is 0 Å². The largest absolute Gasteiger partial charge is 0.506 e. The summed E-state index contributed by atoms with van der Waals surface area (Å²) in [5.74, 6) is -0.398. The number of aromatic hydroxyl groups is 1. The lowest BCUT2D eigenvalue weighted by Crippen LogP contribution is -2.37. The fourth-order valence-electron chi connectivity index (χ4n) is 3.28. The van der Waals surface area contributed by atoms with Gasteiger partial charge in [-0.2, -0.15) is 12.6 Å². The van der Waals surface area contributed by atoms with Crippen LogP contribution in [0, 0.1) is 0 Å². The van der Waals surface area contributed by atoms with Gasteiger partial charge in [0, 0.05) is 30.4 Å². The second-order valence-electron chi connectivity index (χ2n) is 6.35. The van der Waals surface area contributed by atoms with E-state index in [4.69, 9.17) is 0 Å². The van der Waals surface area contributed by atoms with E-state index in [9.17, 15) is 14.7 Å². The normalized spacial score (nSPS) is 10.9. The minimum atomic E-state index is -0.515. The van der Waals surface area contributed by atoms with Crippen molar-refractivity contribution < 1.29 is 9.90 Å². The number of hydrogen-bond acceptors (Lipinski definition) is 4. The lowest BCUT2D eigenvalue weighted by molar-refractivity contribution is 0.0982. The highest BCUT2D eigenvalue weighted by Gasteiger charge is 2.27. The van der Waals surface area contributed by atoms with Crippen molar-refractivity contribution in [1.82, 2.24) is 4.57 Å². The summed E-state index contributed by atoms with van der Waals surface area (Å²) in [4.78, 5) is 27.8. The SMILES string of the molecule is CCCN(C(=O)c1c(O)c2c(CS)cccc2n(C)c1=O)c1ccccc1. The highest BCUT2D eigenvalue weighted by atomic mass is 32.1. The van der Waals surface area contributed by atoms with Gasteiger partial charge in [0.2, 0.25) is 0 Å². The summed E-state index contributed by atoms with van der Waals surface area (Å²) >= 11 is 4.32. The molecule has 0 aliphatic carbocycles. The van der Waals surface area contributed by atoms with Gasteiger partial charge >= 0.3 is 0 Å². The van der Waals surface area contributed by atoms with Gasteiger partial charge < -0.3 is 14.6 Å². The first kappa shape index (κ1) is 19.0. The number of aromatic nitrogens is 1. The summed E-state index contributed by atoms with van der Waals surface area (Å²) in [7, 11) is 1.61. The molecule has 27 heavy (non-hydrogen) atoms. The second kappa shape index (κ2) is 7.88. The summed E-state index contributed by atoms with van der Waals surface area (Å²) in [6.07, 6.45) is 0.719. The van der Waals surface area contributed by atoms with Gasteiger partial charge in [-0.1, -0.05) is 37.3 Å². The highest BCUT2D eigenvalue weighted by Crippen LogP contribution is 2.31. The van der Waals surface area contributed by atoms with Crippen LogP contribution in [0.2, 0.25) is 0 Å². The quantitative estimate of drug-likeness (QED) is 0.661. The summed E-state index contributed by atoms with van der Waals surface area (Å²) in [5, 5.41) is 11.4. The molecule has 0 bridgehead atoms. The summed E-state index contributed by atoms with van der Waals surface area (Å²) < 4.78 is 1.41. The van der Waals surface area contributed by atoms with Crippen LogP contribution in [-0.2, 0) is 12.8 Å². The van der Waals surface area contributed by atoms with E-state index in [1.54, 1.807) is 13.1 Å². The first-order valence-corrected chi connectivity index (χ1v) is 9.45. The van der Waals surface area contributed by atoms with E-state index < -0.39 is 11.5 Å². The number of para-hydroxylation sites is 1. The van der Waals surface area contributed by atoms with E-state index in [-0.39, 0.29) is 11.3 Å². The van der Waals surface area contributed by atoms with Gasteiger partial charge in [0.1, 0.15) is 11.3 Å². The molecule has 1 amide bonds. The third-order valence-electron chi connectivity index (χ3n) is 4.63. The van der Waals surface area contributed by atoms with Gasteiger partial charge in [0.25, 0.3) is 11.5 Å². The van der Waals surface area contributed by atoms with E-state index in [0.29, 0.717) is 28.9 Å². The average Bonchev–Trinajstić information content (AvgIpc) is 2.70. The maximum atomic E-state index is 13.3. The molecule has 5 nitrogen and oxygen atoms in total. The van der Waals surface area contributed by atoms with Crippen LogP contribution in [0.1, 0.15) is 29.3 Å². The number of fused-ring (bicyclic) bond motifs is 1. The number of aryl methyl sites for hydroxylation is 1. The number of nitrogens with zero attached hydrogens (tertiary/aromatic N) is 2. The summed E-state index contributed by atoms with van der Waals surface area (Å²) in [5.41, 5.74) is 1.30. The highest BCUT2D eigenvalue weighted by molar-refractivity contribution is 7.79. The molecule has 1 heterocycles. The van der Waals surface area contributed by atoms with Gasteiger partial charge in [-0.05, 0) is 30.2 Å². The third-order valence-corrected chi connectivity index (χ3v) is 4.97. The standard InChI is InChI=1S/C21H22N2O3S/c1-3-12-23(15-9-5-4-6-10-15)21(26)18-19(24)17-14(13-27)8-7-11-16(17)22(2)20(18)25/h4-11,24,27H,3,12-13H2,1-2H3. The molecular weight excluding hydrogens is 360 g/mol. The minimum absolute atomic E-state index is 0.212. The average molecular weight is 382 g/mol. The number of benzene rings is 2. The molecule has 3 rings (SSSR count). The molecule has 0 unspecified atom stereocenters. The molecule has 0 saturated heterocycles. The number of amides is 1. The van der Waals surface area contributed by atoms with Crippen LogP contribution >= 0.6 is 12.6 Å². The number of hydrogen-bond donors (Lipinski definition) is 2. The molecule has 0 aliphatic heterocycles. The van der Waals surface area contributed by atoms with E-state index in [0.717, 1.165) is 12.0 Å². The monoisotopic (exact) mass is 382 g/mol. The number of carbonyl (C=O) groups is 1. The Balaban J connectivity index is 2.26. The van der Waals surface area contributed by atoms with Crippen LogP contribution in [0.4, 0.5) is 5.69 Å². The Bertz CT molecular complexity index is 1040. The molecule has 0 fully saturated rings. The van der Waals surface area contributed by atoms with E-state index >= 15 is 0 Å². The molecule has 140 valence electrons. The van der Waals surface area contributed by atoms with Gasteiger partial charge in [-0.15, -0.1) is 0 Å². The van der Waals surface area contributed by atoms with Crippen LogP contribution < -0.4 is 10.5 Å². The molecule has 0 atom stereocenters. The summed E-state index contributed by atoms with van der Waals surface area (Å²) in [6.45, 7) is 2.40. The zero-order valence-corrected chi connectivity index (χ0v) is 16.2. The predicted molar refractivity (Wildman–Crippen MR) is 112 cm³/mol. The maximum absolute atomic E-state index is 13.3. The van der Waals surface area contributed by atoms with Gasteiger partial charge in [-0.3, -0.25) is 9.59 Å². The fourth-order valence-corrected chi connectivity index (χ4v) is 3.55. The van der Waals surface area contributed by atoms with Crippen LogP contribution in [0.25, 0.3) is 10.9 Å². The number of anilines is 1. The van der Waals surface area contributed by atoms with Crippen molar-refractivity contribution in [2.45, 2.75) is 19.1 Å². The number of rotatable bonds is 5. The first-order chi connectivity index (χ1) is 13.0. The smallest absolute Gasteiger partial charge is 0.267 e. The van der Waals surface area contributed by atoms with Crippen LogP contribution in [0.5, 0.6) is 5.75 Å². The molecule has 1 N–H and O–H groups in total. The van der Waals surface area contributed by atoms with Gasteiger partial charge in [0.15, 0.2) is 0 Å². The molecule has 0 radical (unpaired) electrons. The summed E-state index contributed by atoms with van der Waals surface area (Å²) in [6, 6.07) is 14.6. The Morgan fingerprint density at radius 1 is 1.15 bits per heavy atom. The van der Waals surface area contributed by atoms with E-state index in [1.807, 2.05) is 49.4 Å². The maximum Gasteiger partial charge on any atom is 0.267 e. The molecular formula is C21H22N2O3S. The molecule has 1 aromatic heterocycles. The molecule has 2 aromatic carbocycles. The fraction of sp³-hybridized carbons (Fsp3) is 0.238. The molecule has 3 aromatic rings. The lowest BCUT2D eigenvalue weighted by atomic mass is 10.0. The Morgan fingerprint density at radius 3 is 2.48 bits per heavy atom. The number of pyridine rings is 1. The Labute approximate surface area is 163 Å². The Morgan fingerprint density at radius 2 is 1.85 bits per heavy atom. The lowest BCUT2D eigenvalue weighted by Gasteiger charge is -2.23. The molecule has 0 aliphatic rings. The second-order valence-corrected chi connectivity index (χ2v) is 6.67. The zero-order valence-electron chi connectivity index (χ0n) is 15.3. The van der Waals surface area contributed by atoms with Crippen molar-refractivity contribution in [2.24, 2.45) is 7.05 Å². The van der Waals surface area contributed by atoms with Crippen molar-refractivity contribution >= 4 is 35.1 Å². The molecule has 6 heteroatoms. The zero-order chi connectivity index (χ0) is 19.6. The van der Waals surface area contributed by atoms with Crippen molar-refractivity contribution in [2.75, 3.05) is 11.4 Å². The van der Waals surface area contributed by atoms with Crippen molar-refractivity contribution in [3.63, 3.8) is 0 Å². The molecule has 0 saturated carbocycles. The minimum Gasteiger partial charge on any atom is -0.506 e. The van der Waals surface area contributed by atoms with E-state index in [1.165, 1.54) is 9.47 Å². The Hall–Kier alpha value is -2.73. The van der Waals surface area contributed by atoms with Gasteiger partial charge in [-0.25, -0.2) is 0 Å². The molecule has 0 spiro atoms. The van der Waals surface area contributed by atoms with Crippen LogP contribution in [0.3, 0.4) is 0 Å². The van der Waals surface area contributed by atoms with Crippen LogP contribution in [-0.4, -0.2) is 22.1 Å². The van der Waals surface area contributed by atoms with E-state index in [2.05, 4.69) is 12.6 Å². The van der Waals surface area contributed by atoms with Gasteiger partial charge in [0.05, 0.1) is 5.52 Å². The Kier molecular flexibility index (Phi) is 5.56. The van der Waals surface area contributed by atoms with Crippen molar-refractivity contribution in [3.8, 4) is 5.75 Å². The topological polar surface area (TPSA) is 62.5 Å². The van der Waals surface area contributed by atoms with Crippen molar-refractivity contribution in [3.05, 3.63) is 70.0 Å². The first-order valence-electron chi connectivity index (χ1n) is 8.82.